The molecule has 1 amide bonds. The van der Waals surface area contributed by atoms with Gasteiger partial charge in [0.25, 0.3) is 0 Å². The first-order chi connectivity index (χ1) is 11.4. The van der Waals surface area contributed by atoms with Gasteiger partial charge in [-0.3, -0.25) is 4.79 Å². The number of amides is 1. The Morgan fingerprint density at radius 2 is 2.04 bits per heavy atom. The van der Waals surface area contributed by atoms with Gasteiger partial charge in [-0.05, 0) is 49.7 Å². The third-order valence-corrected chi connectivity index (χ3v) is 5.07. The third-order valence-electron chi connectivity index (χ3n) is 4.83. The van der Waals surface area contributed by atoms with E-state index in [1.807, 2.05) is 32.0 Å². The molecule has 1 aliphatic heterocycles. The number of benzene rings is 2. The predicted octanol–water partition coefficient (Wildman–Crippen LogP) is 4.01. The second-order valence-electron chi connectivity index (χ2n) is 6.94. The Bertz CT molecular complexity index is 836. The molecule has 2 aliphatic rings. The summed E-state index contributed by atoms with van der Waals surface area (Å²) < 4.78 is 19.2. The summed E-state index contributed by atoms with van der Waals surface area (Å²) in [5.74, 6) is -0.0126. The molecule has 24 heavy (non-hydrogen) atoms. The van der Waals surface area contributed by atoms with Gasteiger partial charge in [0.05, 0.1) is 11.5 Å². The van der Waals surface area contributed by atoms with Crippen LogP contribution in [0.2, 0.25) is 5.02 Å². The molecule has 2 aromatic rings. The highest BCUT2D eigenvalue weighted by Crippen LogP contribution is 2.58. The van der Waals surface area contributed by atoms with Gasteiger partial charge >= 0.3 is 0 Å². The lowest BCUT2D eigenvalue weighted by Crippen LogP contribution is -2.42. The second-order valence-corrected chi connectivity index (χ2v) is 7.38. The molecule has 0 saturated heterocycles. The first kappa shape index (κ1) is 15.5. The molecule has 3 unspecified atom stereocenters. The molecule has 124 valence electrons. The molecule has 0 radical (unpaired) electrons. The van der Waals surface area contributed by atoms with E-state index in [2.05, 4.69) is 5.32 Å². The molecule has 0 spiro atoms. The fraction of sp³-hybridized carbons (Fsp3) is 0.316. The lowest BCUT2D eigenvalue weighted by Gasteiger charge is -2.27. The van der Waals surface area contributed by atoms with Gasteiger partial charge in [0.15, 0.2) is 0 Å². The number of rotatable bonds is 3. The minimum absolute atomic E-state index is 0.0501. The van der Waals surface area contributed by atoms with E-state index in [4.69, 9.17) is 16.3 Å². The fourth-order valence-corrected chi connectivity index (χ4v) is 3.68. The topological polar surface area (TPSA) is 38.3 Å². The quantitative estimate of drug-likeness (QED) is 0.913. The van der Waals surface area contributed by atoms with Gasteiger partial charge in [-0.25, -0.2) is 4.39 Å². The lowest BCUT2D eigenvalue weighted by molar-refractivity contribution is -0.124. The molecule has 3 atom stereocenters. The summed E-state index contributed by atoms with van der Waals surface area (Å²) in [5, 5.41) is 3.69. The van der Waals surface area contributed by atoms with Crippen molar-refractivity contribution in [3.05, 3.63) is 64.4 Å². The Balaban J connectivity index is 1.51. The predicted molar refractivity (Wildman–Crippen MR) is 89.7 cm³/mol. The van der Waals surface area contributed by atoms with Crippen LogP contribution in [0.25, 0.3) is 0 Å². The number of nitrogens with one attached hydrogen (secondary N) is 1. The highest BCUT2D eigenvalue weighted by atomic mass is 35.5. The normalized spacial score (nSPS) is 23.9. The molecule has 5 heteroatoms. The zero-order chi connectivity index (χ0) is 17.1. The van der Waals surface area contributed by atoms with Crippen LogP contribution in [0, 0.1) is 11.7 Å². The van der Waals surface area contributed by atoms with Crippen molar-refractivity contribution in [3.63, 3.8) is 0 Å². The van der Waals surface area contributed by atoms with Crippen LogP contribution >= 0.6 is 11.6 Å². The molecular weight excluding hydrogens is 329 g/mol. The molecule has 1 aliphatic carbocycles. The van der Waals surface area contributed by atoms with Crippen LogP contribution in [0.15, 0.2) is 42.5 Å². The maximum absolute atomic E-state index is 13.4. The lowest BCUT2D eigenvalue weighted by atomic mass is 9.94. The average molecular weight is 346 g/mol. The van der Waals surface area contributed by atoms with Crippen molar-refractivity contribution in [1.82, 2.24) is 5.32 Å². The monoisotopic (exact) mass is 345 g/mol. The smallest absolute Gasteiger partial charge is 0.228 e. The Kier molecular flexibility index (Phi) is 3.36. The van der Waals surface area contributed by atoms with Crippen LogP contribution in [0.3, 0.4) is 0 Å². The average Bonchev–Trinajstić information content (AvgIpc) is 3.12. The van der Waals surface area contributed by atoms with Gasteiger partial charge in [0.2, 0.25) is 5.91 Å². The number of ether oxygens (including phenoxy) is 1. The number of hydrogen-bond donors (Lipinski definition) is 1. The largest absolute Gasteiger partial charge is 0.489 e. The molecule has 0 aromatic heterocycles. The van der Waals surface area contributed by atoms with Gasteiger partial charge in [-0.2, -0.15) is 0 Å². The van der Waals surface area contributed by atoms with Crippen molar-refractivity contribution in [1.29, 1.82) is 0 Å². The van der Waals surface area contributed by atoms with E-state index < -0.39 is 5.54 Å². The van der Waals surface area contributed by atoms with E-state index in [9.17, 15) is 9.18 Å². The maximum atomic E-state index is 13.4. The van der Waals surface area contributed by atoms with Crippen LogP contribution in [-0.4, -0.2) is 12.0 Å². The maximum Gasteiger partial charge on any atom is 0.228 e. The first-order valence-electron chi connectivity index (χ1n) is 7.91. The highest BCUT2D eigenvalue weighted by Gasteiger charge is 2.63. The first-order valence-corrected chi connectivity index (χ1v) is 8.29. The summed E-state index contributed by atoms with van der Waals surface area (Å²) in [6.07, 6.45) is -0.183. The van der Waals surface area contributed by atoms with E-state index in [0.29, 0.717) is 10.8 Å². The molecule has 0 bridgehead atoms. The minimum atomic E-state index is -0.552. The highest BCUT2D eigenvalue weighted by molar-refractivity contribution is 6.30. The molecule has 1 N–H and O–H groups in total. The fourth-order valence-electron chi connectivity index (χ4n) is 3.49. The summed E-state index contributed by atoms with van der Waals surface area (Å²) in [7, 11) is 0. The van der Waals surface area contributed by atoms with Crippen LogP contribution in [0.1, 0.15) is 30.9 Å². The third kappa shape index (κ3) is 2.46. The van der Waals surface area contributed by atoms with Gasteiger partial charge in [-0.1, -0.05) is 23.7 Å². The van der Waals surface area contributed by atoms with Crippen LogP contribution in [0.5, 0.6) is 5.75 Å². The van der Waals surface area contributed by atoms with Crippen molar-refractivity contribution in [2.75, 3.05) is 0 Å². The zero-order valence-electron chi connectivity index (χ0n) is 13.3. The molecule has 2 aromatic carbocycles. The summed E-state index contributed by atoms with van der Waals surface area (Å²) in [5.41, 5.74) is 1.17. The Morgan fingerprint density at radius 1 is 1.25 bits per heavy atom. The van der Waals surface area contributed by atoms with Crippen molar-refractivity contribution in [2.24, 2.45) is 5.92 Å². The van der Waals surface area contributed by atoms with E-state index in [1.54, 1.807) is 12.1 Å². The number of hydrogen-bond acceptors (Lipinski definition) is 2. The van der Waals surface area contributed by atoms with E-state index in [1.165, 1.54) is 12.1 Å². The molecule has 1 heterocycles. The van der Waals surface area contributed by atoms with Crippen molar-refractivity contribution >= 4 is 17.5 Å². The summed E-state index contributed by atoms with van der Waals surface area (Å²) in [6, 6.07) is 11.9. The molecular formula is C19H17ClFNO2. The molecule has 1 saturated carbocycles. The number of carbonyl (C=O) groups excluding carboxylic acids is 1. The SMILES string of the molecule is CC(C)(NC(=O)C1C2Oc3ccc(F)cc3C21)c1cccc(Cl)c1. The molecule has 4 rings (SSSR count). The van der Waals surface area contributed by atoms with Crippen LogP contribution in [0.4, 0.5) is 4.39 Å². The van der Waals surface area contributed by atoms with Crippen molar-refractivity contribution in [2.45, 2.75) is 31.4 Å². The molecule has 1 fully saturated rings. The van der Waals surface area contributed by atoms with E-state index in [-0.39, 0.29) is 29.7 Å². The van der Waals surface area contributed by atoms with Gasteiger partial charge in [-0.15, -0.1) is 0 Å². The zero-order valence-corrected chi connectivity index (χ0v) is 14.1. The standard InChI is InChI=1S/C19H17ClFNO2/c1-19(2,10-4-3-5-11(20)8-10)22-18(23)16-15-13-9-12(21)6-7-14(13)24-17(15)16/h3-9,15-17H,1-2H3,(H,22,23). The Labute approximate surface area is 144 Å². The van der Waals surface area contributed by atoms with Crippen molar-refractivity contribution in [3.8, 4) is 5.75 Å². The van der Waals surface area contributed by atoms with Gasteiger partial charge in [0, 0.05) is 16.5 Å². The van der Waals surface area contributed by atoms with Crippen LogP contribution < -0.4 is 10.1 Å². The second kappa shape index (κ2) is 5.21. The minimum Gasteiger partial charge on any atom is -0.489 e. The van der Waals surface area contributed by atoms with E-state index >= 15 is 0 Å². The number of fused-ring (bicyclic) bond motifs is 3. The van der Waals surface area contributed by atoms with E-state index in [0.717, 1.165) is 11.1 Å². The van der Waals surface area contributed by atoms with Gasteiger partial charge < -0.3 is 10.1 Å². The Morgan fingerprint density at radius 3 is 2.79 bits per heavy atom. The summed E-state index contributed by atoms with van der Waals surface area (Å²) in [4.78, 5) is 12.7. The summed E-state index contributed by atoms with van der Waals surface area (Å²) in [6.45, 7) is 3.87. The van der Waals surface area contributed by atoms with Gasteiger partial charge in [0.1, 0.15) is 17.7 Å². The summed E-state index contributed by atoms with van der Waals surface area (Å²) >= 11 is 6.04. The molecule has 3 nitrogen and oxygen atoms in total. The number of halogens is 2. The Hall–Kier alpha value is -2.07. The van der Waals surface area contributed by atoms with Crippen LogP contribution in [-0.2, 0) is 10.3 Å². The van der Waals surface area contributed by atoms with Crippen molar-refractivity contribution < 1.29 is 13.9 Å². The number of carbonyl (C=O) groups is 1.